The van der Waals surface area contributed by atoms with Gasteiger partial charge in [0.15, 0.2) is 0 Å². The number of hydrogen-bond acceptors (Lipinski definition) is 3. The molecule has 0 amide bonds. The van der Waals surface area contributed by atoms with Gasteiger partial charge in [-0.25, -0.2) is 4.98 Å². The van der Waals surface area contributed by atoms with Gasteiger partial charge in [-0.1, -0.05) is 12.1 Å². The van der Waals surface area contributed by atoms with Crippen LogP contribution in [0.25, 0.3) is 0 Å². The average molecular weight is 228 g/mol. The van der Waals surface area contributed by atoms with E-state index in [0.717, 1.165) is 17.9 Å². The molecule has 0 fully saturated rings. The van der Waals surface area contributed by atoms with Crippen molar-refractivity contribution in [1.82, 2.24) is 10.3 Å². The fraction of sp³-hybridized carbons (Fsp3) is 0.214. The Morgan fingerprint density at radius 2 is 1.94 bits per heavy atom. The molecule has 0 unspecified atom stereocenters. The molecule has 0 aliphatic rings. The number of rotatable bonds is 4. The third kappa shape index (κ3) is 3.29. The lowest BCUT2D eigenvalue weighted by Crippen LogP contribution is -2.04. The van der Waals surface area contributed by atoms with Crippen molar-refractivity contribution in [3.63, 3.8) is 0 Å². The highest BCUT2D eigenvalue weighted by Gasteiger charge is 1.99. The van der Waals surface area contributed by atoms with Crippen LogP contribution in [0.15, 0.2) is 42.6 Å². The van der Waals surface area contributed by atoms with Crippen LogP contribution in [0.5, 0.6) is 11.6 Å². The van der Waals surface area contributed by atoms with Crippen molar-refractivity contribution in [2.24, 2.45) is 0 Å². The Morgan fingerprint density at radius 3 is 2.59 bits per heavy atom. The molecule has 2 aromatic rings. The SMILES string of the molecule is CNCc1ccc(Oc2cc(C)ccn2)cc1. The Hall–Kier alpha value is -1.87. The second-order valence-corrected chi connectivity index (χ2v) is 3.95. The standard InChI is InChI=1S/C14H16N2O/c1-11-7-8-16-14(9-11)17-13-5-3-12(4-6-13)10-15-2/h3-9,15H,10H2,1-2H3. The molecule has 0 atom stereocenters. The largest absolute Gasteiger partial charge is 0.439 e. The lowest BCUT2D eigenvalue weighted by Gasteiger charge is -2.06. The summed E-state index contributed by atoms with van der Waals surface area (Å²) in [7, 11) is 1.93. The number of benzene rings is 1. The minimum Gasteiger partial charge on any atom is -0.439 e. The van der Waals surface area contributed by atoms with Gasteiger partial charge in [0, 0.05) is 18.8 Å². The highest BCUT2D eigenvalue weighted by Crippen LogP contribution is 2.20. The molecule has 2 rings (SSSR count). The molecule has 1 aromatic carbocycles. The Kier molecular flexibility index (Phi) is 3.73. The molecule has 0 saturated heterocycles. The molecule has 1 heterocycles. The first-order valence-electron chi connectivity index (χ1n) is 5.62. The second-order valence-electron chi connectivity index (χ2n) is 3.95. The zero-order chi connectivity index (χ0) is 12.1. The van der Waals surface area contributed by atoms with E-state index in [9.17, 15) is 0 Å². The summed E-state index contributed by atoms with van der Waals surface area (Å²) in [6.07, 6.45) is 1.75. The van der Waals surface area contributed by atoms with Crippen LogP contribution in [0.3, 0.4) is 0 Å². The minimum absolute atomic E-state index is 0.631. The van der Waals surface area contributed by atoms with Gasteiger partial charge in [0.2, 0.25) is 5.88 Å². The average Bonchev–Trinajstić information content (AvgIpc) is 2.32. The van der Waals surface area contributed by atoms with E-state index in [0.29, 0.717) is 5.88 Å². The van der Waals surface area contributed by atoms with Crippen LogP contribution in [0, 0.1) is 6.92 Å². The highest BCUT2D eigenvalue weighted by atomic mass is 16.5. The molecule has 3 nitrogen and oxygen atoms in total. The maximum absolute atomic E-state index is 5.66. The predicted octanol–water partition coefficient (Wildman–Crippen LogP) is 2.90. The van der Waals surface area contributed by atoms with Crippen LogP contribution in [0.1, 0.15) is 11.1 Å². The first-order valence-corrected chi connectivity index (χ1v) is 5.62. The molecule has 0 spiro atoms. The number of ether oxygens (including phenoxy) is 1. The number of aromatic nitrogens is 1. The van der Waals surface area contributed by atoms with Gasteiger partial charge in [-0.05, 0) is 43.3 Å². The maximum Gasteiger partial charge on any atom is 0.219 e. The van der Waals surface area contributed by atoms with E-state index >= 15 is 0 Å². The van der Waals surface area contributed by atoms with E-state index in [1.165, 1.54) is 5.56 Å². The van der Waals surface area contributed by atoms with E-state index < -0.39 is 0 Å². The summed E-state index contributed by atoms with van der Waals surface area (Å²) in [4.78, 5) is 4.16. The Labute approximate surface area is 101 Å². The second kappa shape index (κ2) is 5.46. The van der Waals surface area contributed by atoms with Gasteiger partial charge < -0.3 is 10.1 Å². The Bertz CT molecular complexity index is 480. The molecular weight excluding hydrogens is 212 g/mol. The zero-order valence-corrected chi connectivity index (χ0v) is 10.1. The third-order valence-electron chi connectivity index (χ3n) is 2.42. The van der Waals surface area contributed by atoms with Gasteiger partial charge in [0.05, 0.1) is 0 Å². The van der Waals surface area contributed by atoms with Crippen LogP contribution in [0.2, 0.25) is 0 Å². The van der Waals surface area contributed by atoms with E-state index in [1.54, 1.807) is 6.20 Å². The van der Waals surface area contributed by atoms with Gasteiger partial charge in [0.25, 0.3) is 0 Å². The van der Waals surface area contributed by atoms with E-state index in [1.807, 2.05) is 50.4 Å². The van der Waals surface area contributed by atoms with Crippen LogP contribution in [-0.4, -0.2) is 12.0 Å². The lowest BCUT2D eigenvalue weighted by molar-refractivity contribution is 0.462. The number of hydrogen-bond donors (Lipinski definition) is 1. The van der Waals surface area contributed by atoms with Crippen LogP contribution < -0.4 is 10.1 Å². The van der Waals surface area contributed by atoms with Gasteiger partial charge in [0.1, 0.15) is 5.75 Å². The molecule has 3 heteroatoms. The molecule has 1 N–H and O–H groups in total. The van der Waals surface area contributed by atoms with Gasteiger partial charge >= 0.3 is 0 Å². The van der Waals surface area contributed by atoms with E-state index in [4.69, 9.17) is 4.74 Å². The van der Waals surface area contributed by atoms with Crippen molar-refractivity contribution in [3.8, 4) is 11.6 Å². The number of pyridine rings is 1. The normalized spacial score (nSPS) is 10.2. The zero-order valence-electron chi connectivity index (χ0n) is 10.1. The van der Waals surface area contributed by atoms with Crippen molar-refractivity contribution in [2.45, 2.75) is 13.5 Å². The molecule has 1 aromatic heterocycles. The monoisotopic (exact) mass is 228 g/mol. The van der Waals surface area contributed by atoms with E-state index in [-0.39, 0.29) is 0 Å². The van der Waals surface area contributed by atoms with Crippen molar-refractivity contribution in [3.05, 3.63) is 53.7 Å². The van der Waals surface area contributed by atoms with Crippen molar-refractivity contribution in [2.75, 3.05) is 7.05 Å². The van der Waals surface area contributed by atoms with Gasteiger partial charge in [-0.3, -0.25) is 0 Å². The molecule has 0 radical (unpaired) electrons. The van der Waals surface area contributed by atoms with Crippen LogP contribution in [-0.2, 0) is 6.54 Å². The Balaban J connectivity index is 2.08. The summed E-state index contributed by atoms with van der Waals surface area (Å²) in [5, 5.41) is 3.11. The summed E-state index contributed by atoms with van der Waals surface area (Å²) in [5.41, 5.74) is 2.37. The number of nitrogens with one attached hydrogen (secondary N) is 1. The lowest BCUT2D eigenvalue weighted by atomic mass is 10.2. The summed E-state index contributed by atoms with van der Waals surface area (Å²) in [6, 6.07) is 11.9. The molecule has 0 bridgehead atoms. The summed E-state index contributed by atoms with van der Waals surface area (Å²) in [6.45, 7) is 2.88. The highest BCUT2D eigenvalue weighted by molar-refractivity contribution is 5.31. The van der Waals surface area contributed by atoms with Gasteiger partial charge in [-0.15, -0.1) is 0 Å². The number of nitrogens with zero attached hydrogens (tertiary/aromatic N) is 1. The van der Waals surface area contributed by atoms with Crippen molar-refractivity contribution >= 4 is 0 Å². The Morgan fingerprint density at radius 1 is 1.18 bits per heavy atom. The third-order valence-corrected chi connectivity index (χ3v) is 2.42. The predicted molar refractivity (Wildman–Crippen MR) is 68.3 cm³/mol. The molecule has 17 heavy (non-hydrogen) atoms. The number of aryl methyl sites for hydroxylation is 1. The van der Waals surface area contributed by atoms with Crippen LogP contribution in [0.4, 0.5) is 0 Å². The van der Waals surface area contributed by atoms with Crippen molar-refractivity contribution in [1.29, 1.82) is 0 Å². The van der Waals surface area contributed by atoms with E-state index in [2.05, 4.69) is 10.3 Å². The molecule has 0 saturated carbocycles. The fourth-order valence-corrected chi connectivity index (χ4v) is 1.56. The van der Waals surface area contributed by atoms with Crippen molar-refractivity contribution < 1.29 is 4.74 Å². The summed E-state index contributed by atoms with van der Waals surface area (Å²) in [5.74, 6) is 1.44. The molecule has 0 aliphatic heterocycles. The molecule has 0 aliphatic carbocycles. The smallest absolute Gasteiger partial charge is 0.219 e. The first-order chi connectivity index (χ1) is 8.28. The summed E-state index contributed by atoms with van der Waals surface area (Å²) >= 11 is 0. The maximum atomic E-state index is 5.66. The molecule has 88 valence electrons. The van der Waals surface area contributed by atoms with Crippen LogP contribution >= 0.6 is 0 Å². The first kappa shape index (κ1) is 11.6. The topological polar surface area (TPSA) is 34.1 Å². The fourth-order valence-electron chi connectivity index (χ4n) is 1.56. The summed E-state index contributed by atoms with van der Waals surface area (Å²) < 4.78 is 5.66. The van der Waals surface area contributed by atoms with Gasteiger partial charge in [-0.2, -0.15) is 0 Å². The minimum atomic E-state index is 0.631. The molecular formula is C14H16N2O. The quantitative estimate of drug-likeness (QED) is 0.873.